The highest BCUT2D eigenvalue weighted by Gasteiger charge is 2.52. The van der Waals surface area contributed by atoms with Crippen LogP contribution in [0.1, 0.15) is 67.2 Å². The van der Waals surface area contributed by atoms with Crippen LogP contribution in [0.15, 0.2) is 17.3 Å². The summed E-state index contributed by atoms with van der Waals surface area (Å²) in [6.07, 6.45) is 6.75. The molecule has 0 atom stereocenters. The zero-order valence-electron chi connectivity index (χ0n) is 12.8. The van der Waals surface area contributed by atoms with Gasteiger partial charge in [0, 0.05) is 5.47 Å². The minimum atomic E-state index is -0.237. The van der Waals surface area contributed by atoms with Crippen molar-refractivity contribution in [2.45, 2.75) is 78.4 Å². The van der Waals surface area contributed by atoms with E-state index >= 15 is 0 Å². The molecule has 102 valence electrons. The van der Waals surface area contributed by atoms with Gasteiger partial charge in [-0.3, -0.25) is 0 Å². The molecule has 1 aliphatic heterocycles. The van der Waals surface area contributed by atoms with E-state index in [9.17, 15) is 0 Å². The molecule has 0 radical (unpaired) electrons. The van der Waals surface area contributed by atoms with Gasteiger partial charge in [0.15, 0.2) is 0 Å². The highest BCUT2D eigenvalue weighted by atomic mass is 16.7. The summed E-state index contributed by atoms with van der Waals surface area (Å²) in [5.74, 6) is 0. The smallest absolute Gasteiger partial charge is 0.399 e. The molecule has 0 amide bonds. The van der Waals surface area contributed by atoms with E-state index in [0.29, 0.717) is 0 Å². The van der Waals surface area contributed by atoms with Crippen LogP contribution in [-0.2, 0) is 9.31 Å². The summed E-state index contributed by atoms with van der Waals surface area (Å²) in [5.41, 5.74) is 4.04. The molecule has 3 heteroatoms. The van der Waals surface area contributed by atoms with Crippen molar-refractivity contribution in [2.24, 2.45) is 0 Å². The minimum Gasteiger partial charge on any atom is -0.399 e. The van der Waals surface area contributed by atoms with Gasteiger partial charge in [-0.15, -0.1) is 5.73 Å². The van der Waals surface area contributed by atoms with Crippen LogP contribution < -0.4 is 0 Å². The normalized spacial score (nSPS) is 25.0. The predicted molar refractivity (Wildman–Crippen MR) is 77.5 cm³/mol. The van der Waals surface area contributed by atoms with Crippen LogP contribution in [0, 0.1) is 0 Å². The van der Waals surface area contributed by atoms with E-state index in [1.807, 2.05) is 13.8 Å². The fourth-order valence-corrected chi connectivity index (χ4v) is 2.01. The molecule has 0 saturated carbocycles. The van der Waals surface area contributed by atoms with E-state index in [-0.39, 0.29) is 18.3 Å². The van der Waals surface area contributed by atoms with Gasteiger partial charge in [0.1, 0.15) is 0 Å². The van der Waals surface area contributed by atoms with Crippen molar-refractivity contribution in [1.82, 2.24) is 0 Å². The van der Waals surface area contributed by atoms with Crippen molar-refractivity contribution in [3.63, 3.8) is 0 Å². The molecule has 2 nitrogen and oxygen atoms in total. The summed E-state index contributed by atoms with van der Waals surface area (Å²) in [5, 5.41) is 0. The van der Waals surface area contributed by atoms with Crippen LogP contribution in [0.5, 0.6) is 0 Å². The maximum atomic E-state index is 6.02. The molecule has 2 aliphatic rings. The second kappa shape index (κ2) is 6.10. The molecule has 1 fully saturated rings. The molecule has 0 unspecified atom stereocenters. The Kier molecular flexibility index (Phi) is 5.27. The number of allylic oxidation sites excluding steroid dienone is 1. The van der Waals surface area contributed by atoms with Gasteiger partial charge in [-0.05, 0) is 59.5 Å². The molecule has 0 spiro atoms. The molecule has 1 saturated heterocycles. The molecule has 0 aromatic carbocycles. The minimum absolute atomic E-state index is 0.195. The van der Waals surface area contributed by atoms with Crippen molar-refractivity contribution in [3.05, 3.63) is 17.3 Å². The third-order valence-electron chi connectivity index (χ3n) is 3.87. The lowest BCUT2D eigenvalue weighted by molar-refractivity contribution is 0.00578. The summed E-state index contributed by atoms with van der Waals surface area (Å²) in [6.45, 7) is 12.4. The van der Waals surface area contributed by atoms with Gasteiger partial charge in [0.05, 0.1) is 11.2 Å². The summed E-state index contributed by atoms with van der Waals surface area (Å²) >= 11 is 0. The molecule has 1 aliphatic carbocycles. The van der Waals surface area contributed by atoms with Gasteiger partial charge in [-0.25, -0.2) is 0 Å². The van der Waals surface area contributed by atoms with Crippen LogP contribution in [0.3, 0.4) is 0 Å². The zero-order valence-corrected chi connectivity index (χ0v) is 12.8. The monoisotopic (exact) mass is 250 g/mol. The molecule has 0 N–H and O–H groups in total. The van der Waals surface area contributed by atoms with Gasteiger partial charge in [0.25, 0.3) is 0 Å². The maximum Gasteiger partial charge on any atom is 0.498 e. The SMILES string of the molecule is CC.CC1(C)OB(C2=C=CCCCC2)OC1(C)C. The van der Waals surface area contributed by atoms with Gasteiger partial charge < -0.3 is 9.31 Å². The van der Waals surface area contributed by atoms with Crippen molar-refractivity contribution in [2.75, 3.05) is 0 Å². The highest BCUT2D eigenvalue weighted by molar-refractivity contribution is 6.54. The highest BCUT2D eigenvalue weighted by Crippen LogP contribution is 2.39. The Labute approximate surface area is 113 Å². The second-order valence-electron chi connectivity index (χ2n) is 5.71. The first-order valence-electron chi connectivity index (χ1n) is 7.22. The van der Waals surface area contributed by atoms with Gasteiger partial charge in [0.2, 0.25) is 0 Å². The molecule has 2 rings (SSSR count). The fourth-order valence-electron chi connectivity index (χ4n) is 2.01. The quantitative estimate of drug-likeness (QED) is 0.510. The summed E-state index contributed by atoms with van der Waals surface area (Å²) in [6, 6.07) is 0. The van der Waals surface area contributed by atoms with Crippen molar-refractivity contribution in [3.8, 4) is 0 Å². The largest absolute Gasteiger partial charge is 0.498 e. The van der Waals surface area contributed by atoms with E-state index in [4.69, 9.17) is 9.31 Å². The van der Waals surface area contributed by atoms with Crippen molar-refractivity contribution in [1.29, 1.82) is 0 Å². The average Bonchev–Trinajstić information content (AvgIpc) is 2.54. The first kappa shape index (κ1) is 15.6. The Morgan fingerprint density at radius 1 is 1.06 bits per heavy atom. The van der Waals surface area contributed by atoms with E-state index < -0.39 is 0 Å². The summed E-state index contributed by atoms with van der Waals surface area (Å²) in [7, 11) is -0.195. The molecular formula is C15H27BO2. The van der Waals surface area contributed by atoms with E-state index in [2.05, 4.69) is 39.5 Å². The van der Waals surface area contributed by atoms with Crippen LogP contribution in [-0.4, -0.2) is 18.3 Å². The fraction of sp³-hybridized carbons (Fsp3) is 0.800. The third-order valence-corrected chi connectivity index (χ3v) is 3.87. The Bertz CT molecular complexity index is 322. The van der Waals surface area contributed by atoms with Gasteiger partial charge in [-0.2, -0.15) is 0 Å². The topological polar surface area (TPSA) is 18.5 Å². The Morgan fingerprint density at radius 2 is 1.61 bits per heavy atom. The average molecular weight is 250 g/mol. The van der Waals surface area contributed by atoms with Gasteiger partial charge >= 0.3 is 7.12 Å². The Balaban J connectivity index is 0.000000771. The Morgan fingerprint density at radius 3 is 2.17 bits per heavy atom. The lowest BCUT2D eigenvalue weighted by Crippen LogP contribution is -2.41. The van der Waals surface area contributed by atoms with Crippen LogP contribution >= 0.6 is 0 Å². The first-order chi connectivity index (χ1) is 8.42. The van der Waals surface area contributed by atoms with Crippen molar-refractivity contribution >= 4 is 7.12 Å². The number of rotatable bonds is 1. The van der Waals surface area contributed by atoms with Crippen LogP contribution in [0.2, 0.25) is 0 Å². The predicted octanol–water partition coefficient (Wildman–Crippen LogP) is 4.30. The van der Waals surface area contributed by atoms with E-state index in [1.165, 1.54) is 18.3 Å². The molecule has 0 bridgehead atoms. The van der Waals surface area contributed by atoms with E-state index in [0.717, 1.165) is 12.8 Å². The molecule has 0 aromatic heterocycles. The van der Waals surface area contributed by atoms with Crippen molar-refractivity contribution < 1.29 is 9.31 Å². The zero-order chi connectivity index (χ0) is 13.8. The standard InChI is InChI=1S/C13H21BO2.C2H6/c1-12(2)13(3,4)16-14(15-12)11-9-7-5-6-8-10-11;1-2/h7H,5-6,8,10H2,1-4H3;1-2H3. The van der Waals surface area contributed by atoms with Gasteiger partial charge in [-0.1, -0.05) is 13.8 Å². The van der Waals surface area contributed by atoms with E-state index in [1.54, 1.807) is 0 Å². The molecular weight excluding hydrogens is 223 g/mol. The maximum absolute atomic E-state index is 6.02. The second-order valence-corrected chi connectivity index (χ2v) is 5.71. The molecule has 1 heterocycles. The summed E-state index contributed by atoms with van der Waals surface area (Å²) in [4.78, 5) is 0. The summed E-state index contributed by atoms with van der Waals surface area (Å²) < 4.78 is 12.0. The Hall–Kier alpha value is -0.495. The molecule has 18 heavy (non-hydrogen) atoms. The lowest BCUT2D eigenvalue weighted by Gasteiger charge is -2.32. The lowest BCUT2D eigenvalue weighted by atomic mass is 9.76. The van der Waals surface area contributed by atoms with Crippen LogP contribution in [0.25, 0.3) is 0 Å². The molecule has 0 aromatic rings. The first-order valence-corrected chi connectivity index (χ1v) is 7.22. The number of hydrogen-bond donors (Lipinski definition) is 0. The van der Waals surface area contributed by atoms with Crippen LogP contribution in [0.4, 0.5) is 0 Å². The number of hydrogen-bond acceptors (Lipinski definition) is 2. The third kappa shape index (κ3) is 3.29.